The largest absolute Gasteiger partial charge is 0.375 e. The van der Waals surface area contributed by atoms with E-state index in [4.69, 9.17) is 4.74 Å². The van der Waals surface area contributed by atoms with Crippen molar-refractivity contribution in [2.75, 3.05) is 31.1 Å². The number of aromatic nitrogens is 2. The highest BCUT2D eigenvalue weighted by Crippen LogP contribution is 2.40. The van der Waals surface area contributed by atoms with E-state index in [0.29, 0.717) is 47.5 Å². The second kappa shape index (κ2) is 10.0. The third kappa shape index (κ3) is 4.44. The lowest BCUT2D eigenvalue weighted by Crippen LogP contribution is -2.58. The van der Waals surface area contributed by atoms with Gasteiger partial charge in [-0.25, -0.2) is 8.78 Å². The number of H-pyrrole nitrogens is 1. The molecule has 0 aliphatic carbocycles. The van der Waals surface area contributed by atoms with Crippen molar-refractivity contribution in [3.05, 3.63) is 82.4 Å². The highest BCUT2D eigenvalue weighted by molar-refractivity contribution is 6.01. The molecule has 2 fully saturated rings. The van der Waals surface area contributed by atoms with Gasteiger partial charge < -0.3 is 19.9 Å². The Kier molecular flexibility index (Phi) is 6.40. The van der Waals surface area contributed by atoms with Gasteiger partial charge in [0.1, 0.15) is 11.6 Å². The molecule has 2 aromatic heterocycles. The molecular weight excluding hydrogens is 486 g/mol. The molecule has 192 valence electrons. The van der Waals surface area contributed by atoms with E-state index in [9.17, 15) is 13.6 Å². The molecule has 38 heavy (non-hydrogen) atoms. The van der Waals surface area contributed by atoms with Crippen LogP contribution in [0.15, 0.2) is 59.8 Å². The van der Waals surface area contributed by atoms with Crippen LogP contribution in [-0.4, -0.2) is 48.4 Å². The molecule has 2 aromatic carbocycles. The van der Waals surface area contributed by atoms with Gasteiger partial charge in [0.25, 0.3) is 0 Å². The molecule has 6 nitrogen and oxygen atoms in total. The lowest BCUT2D eigenvalue weighted by molar-refractivity contribution is -0.0134. The first-order valence-corrected chi connectivity index (χ1v) is 12.6. The van der Waals surface area contributed by atoms with Gasteiger partial charge >= 0.3 is 0 Å². The lowest BCUT2D eigenvalue weighted by Gasteiger charge is -2.43. The Balaban J connectivity index is 1.56. The molecule has 0 spiro atoms. The van der Waals surface area contributed by atoms with E-state index in [1.165, 1.54) is 12.1 Å². The quantitative estimate of drug-likeness (QED) is 0.397. The summed E-state index contributed by atoms with van der Waals surface area (Å²) in [5.41, 5.74) is 4.00. The summed E-state index contributed by atoms with van der Waals surface area (Å²) in [7, 11) is 0. The number of pyridine rings is 2. The van der Waals surface area contributed by atoms with Gasteiger partial charge in [-0.15, -0.1) is 5.92 Å². The maximum atomic E-state index is 14.3. The molecule has 0 amide bonds. The summed E-state index contributed by atoms with van der Waals surface area (Å²) in [5, 5.41) is 4.35. The molecule has 2 aliphatic rings. The number of anilines is 1. The molecule has 8 heteroatoms. The smallest absolute Gasteiger partial charge is 0.204 e. The van der Waals surface area contributed by atoms with E-state index < -0.39 is 11.6 Å². The third-order valence-electron chi connectivity index (χ3n) is 7.23. The molecule has 6 rings (SSSR count). The van der Waals surface area contributed by atoms with Crippen molar-refractivity contribution in [3.8, 4) is 34.1 Å². The maximum absolute atomic E-state index is 14.3. The molecule has 2 atom stereocenters. The first kappa shape index (κ1) is 24.3. The van der Waals surface area contributed by atoms with E-state index in [1.807, 2.05) is 18.2 Å². The highest BCUT2D eigenvalue weighted by atomic mass is 19.1. The lowest BCUT2D eigenvalue weighted by atomic mass is 9.94. The van der Waals surface area contributed by atoms with Gasteiger partial charge in [0.05, 0.1) is 35.5 Å². The summed E-state index contributed by atoms with van der Waals surface area (Å²) in [4.78, 5) is 23.0. The van der Waals surface area contributed by atoms with E-state index >= 15 is 0 Å². The van der Waals surface area contributed by atoms with Crippen LogP contribution >= 0.6 is 0 Å². The topological polar surface area (TPSA) is 70.2 Å². The summed E-state index contributed by atoms with van der Waals surface area (Å²) in [6.07, 6.45) is 5.87. The molecule has 2 aliphatic heterocycles. The zero-order chi connectivity index (χ0) is 26.2. The molecule has 0 radical (unpaired) electrons. The van der Waals surface area contributed by atoms with Crippen LogP contribution in [0, 0.1) is 23.5 Å². The number of hydrogen-bond acceptors (Lipinski definition) is 5. The number of benzene rings is 2. The molecule has 0 unspecified atom stereocenters. The van der Waals surface area contributed by atoms with Crippen molar-refractivity contribution in [3.63, 3.8) is 0 Å². The van der Waals surface area contributed by atoms with Gasteiger partial charge in [-0.2, -0.15) is 0 Å². The minimum atomic E-state index is -0.652. The monoisotopic (exact) mass is 512 g/mol. The minimum absolute atomic E-state index is 0.125. The number of halogens is 2. The number of nitrogens with zero attached hydrogens (tertiary/aromatic N) is 2. The van der Waals surface area contributed by atoms with Crippen molar-refractivity contribution in [2.24, 2.45) is 0 Å². The highest BCUT2D eigenvalue weighted by Gasteiger charge is 2.33. The molecule has 0 saturated carbocycles. The van der Waals surface area contributed by atoms with Crippen LogP contribution in [0.1, 0.15) is 18.9 Å². The minimum Gasteiger partial charge on any atom is -0.375 e. The second-order valence-corrected chi connectivity index (χ2v) is 9.60. The number of piperidine rings is 1. The van der Waals surface area contributed by atoms with E-state index in [2.05, 4.69) is 32.0 Å². The second-order valence-electron chi connectivity index (χ2n) is 9.60. The molecule has 2 saturated heterocycles. The summed E-state index contributed by atoms with van der Waals surface area (Å²) in [6, 6.07) is 9.31. The van der Waals surface area contributed by atoms with Crippen LogP contribution in [-0.2, 0) is 4.74 Å². The van der Waals surface area contributed by atoms with Crippen LogP contribution in [0.25, 0.3) is 33.2 Å². The zero-order valence-corrected chi connectivity index (χ0v) is 20.9. The van der Waals surface area contributed by atoms with Crippen molar-refractivity contribution in [2.45, 2.75) is 25.5 Å². The standard InChI is InChI=1S/C30H26F2N4O2/c1-2-3-19-14-33-15-25(30(19)37)18-4-5-26-23(12-18)29(36-8-6-28-27(17-36)34-7-9-38-28)24(16-35-26)20-10-21(31)13-22(32)11-20/h4-5,10-16,27-28,34H,6-9,17H2,1H3,(H,33,37)/t27-,28-/m1/s1. The number of rotatable bonds is 3. The summed E-state index contributed by atoms with van der Waals surface area (Å²) in [6.45, 7) is 4.52. The number of ether oxygens (including phenoxy) is 1. The Labute approximate surface area is 218 Å². The van der Waals surface area contributed by atoms with E-state index in [1.54, 1.807) is 25.5 Å². The predicted octanol–water partition coefficient (Wildman–Crippen LogP) is 4.47. The zero-order valence-electron chi connectivity index (χ0n) is 20.9. The molecule has 4 aromatic rings. The fourth-order valence-corrected chi connectivity index (χ4v) is 5.52. The number of aromatic amines is 1. The fourth-order valence-electron chi connectivity index (χ4n) is 5.52. The van der Waals surface area contributed by atoms with Gasteiger partial charge in [-0.05, 0) is 48.7 Å². The van der Waals surface area contributed by atoms with E-state index in [-0.39, 0.29) is 17.6 Å². The fraction of sp³-hybridized carbons (Fsp3) is 0.267. The summed E-state index contributed by atoms with van der Waals surface area (Å²) < 4.78 is 34.6. The average Bonchev–Trinajstić information content (AvgIpc) is 2.92. The van der Waals surface area contributed by atoms with Crippen molar-refractivity contribution < 1.29 is 13.5 Å². The maximum Gasteiger partial charge on any atom is 0.204 e. The Morgan fingerprint density at radius 2 is 1.92 bits per heavy atom. The molecule has 2 N–H and O–H groups in total. The average molecular weight is 513 g/mol. The van der Waals surface area contributed by atoms with Gasteiger partial charge in [0.15, 0.2) is 0 Å². The Hall–Kier alpha value is -4.06. The van der Waals surface area contributed by atoms with Gasteiger partial charge in [-0.3, -0.25) is 9.78 Å². The Morgan fingerprint density at radius 3 is 2.74 bits per heavy atom. The molecular formula is C30H26F2N4O2. The van der Waals surface area contributed by atoms with Crippen molar-refractivity contribution in [1.29, 1.82) is 0 Å². The van der Waals surface area contributed by atoms with Crippen LogP contribution < -0.4 is 15.6 Å². The number of hydrogen-bond donors (Lipinski definition) is 2. The van der Waals surface area contributed by atoms with Gasteiger partial charge in [0, 0.05) is 60.8 Å². The Bertz CT molecular complexity index is 1640. The first-order valence-electron chi connectivity index (χ1n) is 12.6. The van der Waals surface area contributed by atoms with Crippen LogP contribution in [0.2, 0.25) is 0 Å². The third-order valence-corrected chi connectivity index (χ3v) is 7.23. The SMILES string of the molecule is CC#Cc1c[nH]cc(-c2ccc3ncc(-c4cc(F)cc(F)c4)c(N4CC[C@H]5OCCN[C@@H]5C4)c3c2)c1=O. The van der Waals surface area contributed by atoms with Gasteiger partial charge in [0.2, 0.25) is 5.43 Å². The van der Waals surface area contributed by atoms with Crippen molar-refractivity contribution in [1.82, 2.24) is 15.3 Å². The van der Waals surface area contributed by atoms with Crippen LogP contribution in [0.4, 0.5) is 14.5 Å². The number of nitrogens with one attached hydrogen (secondary N) is 2. The Morgan fingerprint density at radius 1 is 1.08 bits per heavy atom. The number of morpholine rings is 1. The van der Waals surface area contributed by atoms with E-state index in [0.717, 1.165) is 35.6 Å². The molecule has 0 bridgehead atoms. The van der Waals surface area contributed by atoms with Crippen LogP contribution in [0.3, 0.4) is 0 Å². The van der Waals surface area contributed by atoms with Crippen LogP contribution in [0.5, 0.6) is 0 Å². The predicted molar refractivity (Wildman–Crippen MR) is 144 cm³/mol. The number of fused-ring (bicyclic) bond motifs is 2. The summed E-state index contributed by atoms with van der Waals surface area (Å²) >= 11 is 0. The molecule has 4 heterocycles. The van der Waals surface area contributed by atoms with Gasteiger partial charge in [-0.1, -0.05) is 12.0 Å². The van der Waals surface area contributed by atoms with Crippen molar-refractivity contribution >= 4 is 16.6 Å². The normalized spacial score (nSPS) is 19.1. The first-order chi connectivity index (χ1) is 18.5. The summed E-state index contributed by atoms with van der Waals surface area (Å²) in [5.74, 6) is 4.33.